The van der Waals surface area contributed by atoms with Crippen molar-refractivity contribution in [3.8, 4) is 0 Å². The van der Waals surface area contributed by atoms with Crippen molar-refractivity contribution in [2.75, 3.05) is 6.61 Å². The van der Waals surface area contributed by atoms with Crippen LogP contribution in [0.1, 0.15) is 6.92 Å². The molecular formula is C2H12O6P4. The number of hydrogen-bond donors (Lipinski definition) is 5. The Morgan fingerprint density at radius 1 is 1.42 bits per heavy atom. The van der Waals surface area contributed by atoms with E-state index in [9.17, 15) is 4.89 Å². The van der Waals surface area contributed by atoms with Crippen LogP contribution in [0, 0.1) is 0 Å². The number of hydrogen-bond acceptors (Lipinski definition) is 6. The summed E-state index contributed by atoms with van der Waals surface area (Å²) in [5.41, 5.74) is 0. The molecule has 0 aliphatic carbocycles. The van der Waals surface area contributed by atoms with Gasteiger partial charge in [-0.15, -0.1) is 0 Å². The third-order valence-corrected chi connectivity index (χ3v) is 16.1. The van der Waals surface area contributed by atoms with Gasteiger partial charge in [0.15, 0.2) is 0 Å². The van der Waals surface area contributed by atoms with E-state index in [2.05, 4.69) is 0 Å². The molecule has 0 spiro atoms. The molecule has 0 radical (unpaired) electrons. The van der Waals surface area contributed by atoms with Crippen LogP contribution in [0.25, 0.3) is 0 Å². The molecule has 0 rings (SSSR count). The van der Waals surface area contributed by atoms with Crippen LogP contribution in [0.4, 0.5) is 0 Å². The van der Waals surface area contributed by atoms with Crippen LogP contribution in [-0.2, 0) is 4.52 Å². The Labute approximate surface area is 74.4 Å². The number of rotatable bonds is 5. The third-order valence-electron chi connectivity index (χ3n) is 0.969. The SMILES string of the molecule is CCO[PH](O)(P(O)O)P(O)PO. The molecule has 0 heterocycles. The van der Waals surface area contributed by atoms with Crippen molar-refractivity contribution in [3.63, 3.8) is 0 Å². The summed E-state index contributed by atoms with van der Waals surface area (Å²) in [6.07, 6.45) is 0. The van der Waals surface area contributed by atoms with Crippen molar-refractivity contribution in [1.29, 1.82) is 0 Å². The van der Waals surface area contributed by atoms with Crippen molar-refractivity contribution in [2.45, 2.75) is 6.92 Å². The molecule has 6 nitrogen and oxygen atoms in total. The van der Waals surface area contributed by atoms with Gasteiger partial charge < -0.3 is 0 Å². The summed E-state index contributed by atoms with van der Waals surface area (Å²) >= 11 is 0. The minimum atomic E-state index is -3.87. The van der Waals surface area contributed by atoms with E-state index in [-0.39, 0.29) is 6.61 Å². The van der Waals surface area contributed by atoms with Crippen molar-refractivity contribution in [2.24, 2.45) is 0 Å². The zero-order valence-corrected chi connectivity index (χ0v) is 10.0. The van der Waals surface area contributed by atoms with Crippen LogP contribution in [0.15, 0.2) is 0 Å². The van der Waals surface area contributed by atoms with Gasteiger partial charge in [-0.05, 0) is 0 Å². The van der Waals surface area contributed by atoms with Crippen LogP contribution in [0.3, 0.4) is 0 Å². The Hall–Kier alpha value is 1.48. The van der Waals surface area contributed by atoms with Gasteiger partial charge >= 0.3 is 73.7 Å². The topological polar surface area (TPSA) is 110 Å². The molecular weight excluding hydrogens is 244 g/mol. The fraction of sp³-hybridized carbons (Fsp3) is 1.00. The maximum atomic E-state index is 9.43. The molecule has 10 heteroatoms. The first-order valence-electron chi connectivity index (χ1n) is 2.92. The van der Waals surface area contributed by atoms with Gasteiger partial charge in [-0.1, -0.05) is 0 Å². The molecule has 0 aromatic rings. The van der Waals surface area contributed by atoms with Crippen molar-refractivity contribution < 1.29 is 29.0 Å². The van der Waals surface area contributed by atoms with Crippen LogP contribution in [0.2, 0.25) is 0 Å². The molecule has 0 saturated carbocycles. The second-order valence-corrected chi connectivity index (χ2v) is 14.9. The van der Waals surface area contributed by atoms with Gasteiger partial charge in [0.25, 0.3) is 0 Å². The molecule has 0 aromatic carbocycles. The molecule has 0 saturated heterocycles. The fourth-order valence-corrected chi connectivity index (χ4v) is 10.7. The Morgan fingerprint density at radius 2 is 1.92 bits per heavy atom. The Morgan fingerprint density at radius 3 is 2.17 bits per heavy atom. The summed E-state index contributed by atoms with van der Waals surface area (Å²) in [6.45, 7) is 1.63. The standard InChI is InChI=1S/C2H12O6P4/c1-2-8-12(7,10(4)5)11(6)9-3/h3-7,9,12H,2H2,1H3. The van der Waals surface area contributed by atoms with E-state index in [1.54, 1.807) is 6.92 Å². The maximum absolute atomic E-state index is 9.43. The quantitative estimate of drug-likeness (QED) is 0.461. The zero-order chi connectivity index (χ0) is 9.78. The van der Waals surface area contributed by atoms with Gasteiger partial charge in [0, 0.05) is 0 Å². The second kappa shape index (κ2) is 6.06. The molecule has 0 amide bonds. The summed E-state index contributed by atoms with van der Waals surface area (Å²) in [6, 6.07) is 0. The summed E-state index contributed by atoms with van der Waals surface area (Å²) in [5, 5.41) is 0. The first-order valence-corrected chi connectivity index (χ1v) is 10.8. The Bertz CT molecular complexity index is 133. The molecule has 12 heavy (non-hydrogen) atoms. The average molecular weight is 256 g/mol. The Kier molecular flexibility index (Phi) is 6.80. The van der Waals surface area contributed by atoms with E-state index in [4.69, 9.17) is 24.1 Å². The van der Waals surface area contributed by atoms with Gasteiger partial charge in [-0.25, -0.2) is 0 Å². The van der Waals surface area contributed by atoms with Crippen LogP contribution >= 0.6 is 31.2 Å². The van der Waals surface area contributed by atoms with E-state index in [1.165, 1.54) is 0 Å². The van der Waals surface area contributed by atoms with Gasteiger partial charge in [0.2, 0.25) is 0 Å². The van der Waals surface area contributed by atoms with E-state index < -0.39 is 31.2 Å². The van der Waals surface area contributed by atoms with Crippen LogP contribution < -0.4 is 0 Å². The second-order valence-electron chi connectivity index (χ2n) is 1.71. The monoisotopic (exact) mass is 256 g/mol. The van der Waals surface area contributed by atoms with Gasteiger partial charge in [0.1, 0.15) is 0 Å². The predicted molar refractivity (Wildman–Crippen MR) is 53.2 cm³/mol. The van der Waals surface area contributed by atoms with Gasteiger partial charge in [0.05, 0.1) is 0 Å². The third kappa shape index (κ3) is 3.32. The zero-order valence-electron chi connectivity index (χ0n) is 6.25. The summed E-state index contributed by atoms with van der Waals surface area (Å²) < 4.78 is 4.69. The predicted octanol–water partition coefficient (Wildman–Crippen LogP) is 0.612. The van der Waals surface area contributed by atoms with Crippen LogP contribution in [-0.4, -0.2) is 31.1 Å². The van der Waals surface area contributed by atoms with Gasteiger partial charge in [-0.3, -0.25) is 0 Å². The molecule has 2 unspecified atom stereocenters. The molecule has 0 aromatic heterocycles. The van der Waals surface area contributed by atoms with E-state index in [0.29, 0.717) is 0 Å². The normalized spacial score (nSPS) is 17.6. The van der Waals surface area contributed by atoms with E-state index in [0.717, 1.165) is 0 Å². The minimum absolute atomic E-state index is 0.0759. The fourth-order valence-electron chi connectivity index (χ4n) is 0.462. The first kappa shape index (κ1) is 13.5. The van der Waals surface area contributed by atoms with E-state index in [1.807, 2.05) is 0 Å². The molecule has 76 valence electrons. The summed E-state index contributed by atoms with van der Waals surface area (Å²) in [5.74, 6) is 0. The van der Waals surface area contributed by atoms with E-state index >= 15 is 0 Å². The summed E-state index contributed by atoms with van der Waals surface area (Å²) in [7, 11) is -9.67. The van der Waals surface area contributed by atoms with Crippen molar-refractivity contribution in [1.82, 2.24) is 0 Å². The van der Waals surface area contributed by atoms with Crippen molar-refractivity contribution in [3.05, 3.63) is 0 Å². The molecule has 0 fully saturated rings. The van der Waals surface area contributed by atoms with Crippen molar-refractivity contribution >= 4 is 31.2 Å². The average Bonchev–Trinajstić information content (AvgIpc) is 2.03. The molecule has 0 aliphatic heterocycles. The van der Waals surface area contributed by atoms with Gasteiger partial charge in [-0.2, -0.15) is 0 Å². The van der Waals surface area contributed by atoms with Crippen LogP contribution in [0.5, 0.6) is 0 Å². The molecule has 5 N–H and O–H groups in total. The molecule has 0 bridgehead atoms. The Balaban J connectivity index is 4.37. The summed E-state index contributed by atoms with van der Waals surface area (Å²) in [4.78, 5) is 44.6. The molecule has 0 aliphatic rings. The molecule has 2 atom stereocenters. The first-order chi connectivity index (χ1) is 5.49.